The fourth-order valence-corrected chi connectivity index (χ4v) is 4.45. The van der Waals surface area contributed by atoms with Crippen molar-refractivity contribution in [1.29, 1.82) is 0 Å². The van der Waals surface area contributed by atoms with Crippen LogP contribution in [0.25, 0.3) is 16.6 Å². The first-order chi connectivity index (χ1) is 18.1. The van der Waals surface area contributed by atoms with Gasteiger partial charge in [-0.05, 0) is 37.3 Å². The Morgan fingerprint density at radius 1 is 1.16 bits per heavy atom. The maximum absolute atomic E-state index is 14.1. The highest BCUT2D eigenvalue weighted by Gasteiger charge is 2.34. The molecule has 1 aliphatic rings. The zero-order chi connectivity index (χ0) is 27.0. The highest BCUT2D eigenvalue weighted by molar-refractivity contribution is 6.35. The third-order valence-electron chi connectivity index (χ3n) is 5.99. The summed E-state index contributed by atoms with van der Waals surface area (Å²) in [5.41, 5.74) is 0.648. The van der Waals surface area contributed by atoms with Crippen LogP contribution in [0.5, 0.6) is 5.75 Å². The van der Waals surface area contributed by atoms with Crippen molar-refractivity contribution in [2.24, 2.45) is 4.99 Å². The Balaban J connectivity index is 1.48. The number of aliphatic imine (C=N–C) groups is 1. The lowest BCUT2D eigenvalue weighted by Gasteiger charge is -2.15. The highest BCUT2D eigenvalue weighted by atomic mass is 35.5. The quantitative estimate of drug-likeness (QED) is 0.269. The summed E-state index contributed by atoms with van der Waals surface area (Å²) >= 11 is 6.36. The minimum absolute atomic E-state index is 0.167. The van der Waals surface area contributed by atoms with E-state index in [-0.39, 0.29) is 24.4 Å². The van der Waals surface area contributed by atoms with Gasteiger partial charge in [0.15, 0.2) is 0 Å². The van der Waals surface area contributed by atoms with Gasteiger partial charge in [-0.2, -0.15) is 13.2 Å². The Morgan fingerprint density at radius 2 is 1.97 bits per heavy atom. The van der Waals surface area contributed by atoms with Crippen molar-refractivity contribution < 1.29 is 22.3 Å². The summed E-state index contributed by atoms with van der Waals surface area (Å²) in [4.78, 5) is 25.4. The number of hydrogen-bond donors (Lipinski definition) is 0. The topological polar surface area (TPSA) is 69.4 Å². The number of aryl methyl sites for hydroxylation is 1. The normalized spacial score (nSPS) is 13.5. The standard InChI is InChI=1S/C27H19ClF4N4O2/c1-15-10-19(24-21(28)7-8-33-24)18-4-2-6-23(25(18)35-15)38-14-16-11-17(29)12-34-22(16)13-36-9-3-5-20(26(36)37)27(30,31)32/h2-6,8-12H,7,13-14H2,1H3. The molecule has 5 rings (SSSR count). The van der Waals surface area contributed by atoms with Gasteiger partial charge in [-0.3, -0.25) is 14.8 Å². The number of halogens is 5. The second kappa shape index (κ2) is 10.0. The molecule has 0 aliphatic carbocycles. The van der Waals surface area contributed by atoms with Crippen LogP contribution in [0.1, 0.15) is 34.5 Å². The minimum atomic E-state index is -4.80. The smallest absolute Gasteiger partial charge is 0.421 e. The van der Waals surface area contributed by atoms with Gasteiger partial charge in [0.2, 0.25) is 0 Å². The van der Waals surface area contributed by atoms with Gasteiger partial charge in [0.25, 0.3) is 5.56 Å². The van der Waals surface area contributed by atoms with E-state index in [2.05, 4.69) is 15.0 Å². The van der Waals surface area contributed by atoms with Crippen molar-refractivity contribution >= 4 is 34.4 Å². The molecule has 0 bridgehead atoms. The van der Waals surface area contributed by atoms with Gasteiger partial charge in [0.05, 0.1) is 24.1 Å². The monoisotopic (exact) mass is 542 g/mol. The summed E-state index contributed by atoms with van der Waals surface area (Å²) < 4.78 is 60.6. The molecule has 0 spiro atoms. The van der Waals surface area contributed by atoms with E-state index in [0.29, 0.717) is 40.2 Å². The number of fused-ring (bicyclic) bond motifs is 1. The van der Waals surface area contributed by atoms with E-state index in [9.17, 15) is 22.4 Å². The second-order valence-corrected chi connectivity index (χ2v) is 9.09. The third kappa shape index (κ3) is 5.04. The molecule has 4 heterocycles. The van der Waals surface area contributed by atoms with Crippen LogP contribution < -0.4 is 10.3 Å². The summed E-state index contributed by atoms with van der Waals surface area (Å²) in [5, 5.41) is 1.37. The Hall–Kier alpha value is -4.05. The fraction of sp³-hybridized carbons (Fsp3) is 0.185. The molecule has 0 unspecified atom stereocenters. The van der Waals surface area contributed by atoms with Crippen LogP contribution in [0.15, 0.2) is 69.7 Å². The van der Waals surface area contributed by atoms with Gasteiger partial charge in [0, 0.05) is 46.1 Å². The van der Waals surface area contributed by atoms with Crippen molar-refractivity contribution in [2.45, 2.75) is 32.7 Å². The molecule has 1 aliphatic heterocycles. The van der Waals surface area contributed by atoms with Crippen molar-refractivity contribution in [3.8, 4) is 5.75 Å². The average Bonchev–Trinajstić information content (AvgIpc) is 3.29. The van der Waals surface area contributed by atoms with E-state index in [1.54, 1.807) is 18.3 Å². The van der Waals surface area contributed by atoms with Crippen LogP contribution in [0.4, 0.5) is 17.6 Å². The Kier molecular flexibility index (Phi) is 6.75. The van der Waals surface area contributed by atoms with Crippen molar-refractivity contribution in [3.63, 3.8) is 0 Å². The maximum Gasteiger partial charge on any atom is 0.421 e. The summed E-state index contributed by atoms with van der Waals surface area (Å²) in [6.07, 6.45) is -0.373. The molecule has 0 saturated carbocycles. The van der Waals surface area contributed by atoms with Crippen LogP contribution >= 0.6 is 11.6 Å². The fourth-order valence-electron chi connectivity index (χ4n) is 4.23. The number of pyridine rings is 3. The predicted octanol–water partition coefficient (Wildman–Crippen LogP) is 6.27. The molecule has 0 N–H and O–H groups in total. The SMILES string of the molecule is Cc1cc(C2=C(Cl)CC=N2)c2cccc(OCc3cc(F)cnc3Cn3cccc(C(F)(F)F)c3=O)c2n1. The second-order valence-electron chi connectivity index (χ2n) is 8.63. The molecule has 4 aromatic rings. The van der Waals surface area contributed by atoms with Crippen LogP contribution in [-0.4, -0.2) is 20.7 Å². The number of alkyl halides is 3. The van der Waals surface area contributed by atoms with E-state index in [1.165, 1.54) is 12.3 Å². The first-order valence-corrected chi connectivity index (χ1v) is 11.8. The van der Waals surface area contributed by atoms with E-state index in [0.717, 1.165) is 27.8 Å². The molecule has 194 valence electrons. The van der Waals surface area contributed by atoms with Gasteiger partial charge in [0.1, 0.15) is 29.3 Å². The van der Waals surface area contributed by atoms with Gasteiger partial charge in [-0.25, -0.2) is 9.37 Å². The van der Waals surface area contributed by atoms with E-state index in [1.807, 2.05) is 19.1 Å². The predicted molar refractivity (Wildman–Crippen MR) is 136 cm³/mol. The summed E-state index contributed by atoms with van der Waals surface area (Å²) in [7, 11) is 0. The lowest BCUT2D eigenvalue weighted by molar-refractivity contribution is -0.138. The van der Waals surface area contributed by atoms with Gasteiger partial charge in [-0.15, -0.1) is 0 Å². The Bertz CT molecular complexity index is 1680. The largest absolute Gasteiger partial charge is 0.487 e. The molecule has 0 saturated heterocycles. The Morgan fingerprint density at radius 3 is 2.71 bits per heavy atom. The molecule has 3 aromatic heterocycles. The number of ether oxygens (including phenoxy) is 1. The molecule has 0 atom stereocenters. The maximum atomic E-state index is 14.1. The summed E-state index contributed by atoms with van der Waals surface area (Å²) in [6.45, 7) is 1.36. The molecule has 38 heavy (non-hydrogen) atoms. The number of hydrogen-bond acceptors (Lipinski definition) is 5. The number of benzene rings is 1. The molecule has 1 aromatic carbocycles. The Labute approximate surface area is 218 Å². The lowest BCUT2D eigenvalue weighted by atomic mass is 10.0. The van der Waals surface area contributed by atoms with Crippen LogP contribution in [0.2, 0.25) is 0 Å². The van der Waals surface area contributed by atoms with Crippen LogP contribution in [-0.2, 0) is 19.3 Å². The summed E-state index contributed by atoms with van der Waals surface area (Å²) in [5.74, 6) is -0.254. The number of para-hydroxylation sites is 1. The number of nitrogens with zero attached hydrogens (tertiary/aromatic N) is 4. The van der Waals surface area contributed by atoms with Gasteiger partial charge in [-0.1, -0.05) is 23.7 Å². The zero-order valence-electron chi connectivity index (χ0n) is 19.9. The number of aromatic nitrogens is 3. The van der Waals surface area contributed by atoms with Crippen molar-refractivity contribution in [2.75, 3.05) is 0 Å². The van der Waals surface area contributed by atoms with E-state index >= 15 is 0 Å². The van der Waals surface area contributed by atoms with Crippen LogP contribution in [0, 0.1) is 12.7 Å². The first kappa shape index (κ1) is 25.6. The highest BCUT2D eigenvalue weighted by Crippen LogP contribution is 2.36. The molecular weight excluding hydrogens is 524 g/mol. The van der Waals surface area contributed by atoms with Gasteiger partial charge >= 0.3 is 6.18 Å². The summed E-state index contributed by atoms with van der Waals surface area (Å²) in [6, 6.07) is 10.2. The molecular formula is C27H19ClF4N4O2. The van der Waals surface area contributed by atoms with Crippen molar-refractivity contribution in [3.05, 3.63) is 104 Å². The average molecular weight is 543 g/mol. The first-order valence-electron chi connectivity index (χ1n) is 11.5. The van der Waals surface area contributed by atoms with E-state index < -0.39 is 23.1 Å². The van der Waals surface area contributed by atoms with Crippen LogP contribution in [0.3, 0.4) is 0 Å². The van der Waals surface area contributed by atoms with Crippen molar-refractivity contribution in [1.82, 2.24) is 14.5 Å². The van der Waals surface area contributed by atoms with E-state index in [4.69, 9.17) is 16.3 Å². The molecule has 6 nitrogen and oxygen atoms in total. The molecule has 0 radical (unpaired) electrons. The number of allylic oxidation sites excluding steroid dienone is 1. The molecule has 0 amide bonds. The zero-order valence-corrected chi connectivity index (χ0v) is 20.6. The lowest BCUT2D eigenvalue weighted by Crippen LogP contribution is -2.28. The molecule has 11 heteroatoms. The number of rotatable bonds is 6. The minimum Gasteiger partial charge on any atom is -0.487 e. The molecule has 0 fully saturated rings. The third-order valence-corrected chi connectivity index (χ3v) is 6.32. The van der Waals surface area contributed by atoms with Gasteiger partial charge < -0.3 is 9.30 Å².